The molecule has 2 unspecified atom stereocenters. The van der Waals surface area contributed by atoms with Crippen molar-refractivity contribution in [2.24, 2.45) is 5.92 Å². The monoisotopic (exact) mass is 149 g/mol. The van der Waals surface area contributed by atoms with E-state index in [0.717, 1.165) is 0 Å². The molecule has 0 spiro atoms. The van der Waals surface area contributed by atoms with Crippen LogP contribution in [0.1, 0.15) is 13.8 Å². The third-order valence-electron chi connectivity index (χ3n) is 0.784. The van der Waals surface area contributed by atoms with Crippen molar-refractivity contribution in [1.29, 1.82) is 0 Å². The van der Waals surface area contributed by atoms with E-state index in [2.05, 4.69) is 36.7 Å². The van der Waals surface area contributed by atoms with Crippen LogP contribution in [-0.2, 0) is 0 Å². The maximum absolute atomic E-state index is 3.79. The average Bonchev–Trinajstić information content (AvgIpc) is 1.36. The summed E-state index contributed by atoms with van der Waals surface area (Å²) >= 11 is 3.38. The molecule has 0 saturated carbocycles. The number of hydrogen-bond acceptors (Lipinski definition) is 0. The third kappa shape index (κ3) is 2.70. The normalized spacial score (nSPS) is 15.5. The molecule has 0 aromatic carbocycles. The Balaban J connectivity index is 2.99. The van der Waals surface area contributed by atoms with Crippen molar-refractivity contribution in [2.45, 2.75) is 18.7 Å². The molecular formula is C5H10Br. The van der Waals surface area contributed by atoms with Gasteiger partial charge >= 0.3 is 0 Å². The fourth-order valence-electron chi connectivity index (χ4n) is 0. The molecule has 2 atom stereocenters. The van der Waals surface area contributed by atoms with E-state index in [-0.39, 0.29) is 0 Å². The second-order valence-electron chi connectivity index (χ2n) is 1.65. The molecule has 0 fully saturated rings. The molecule has 1 heteroatoms. The summed E-state index contributed by atoms with van der Waals surface area (Å²) in [6, 6.07) is 0. The molecule has 0 aliphatic heterocycles. The Kier molecular flexibility index (Phi) is 2.83. The van der Waals surface area contributed by atoms with Crippen molar-refractivity contribution in [3.05, 3.63) is 6.92 Å². The fourth-order valence-corrected chi connectivity index (χ4v) is 0. The van der Waals surface area contributed by atoms with Gasteiger partial charge in [0, 0.05) is 4.83 Å². The molecular weight excluding hydrogens is 140 g/mol. The van der Waals surface area contributed by atoms with Crippen LogP contribution in [0.4, 0.5) is 0 Å². The van der Waals surface area contributed by atoms with Gasteiger partial charge in [0.15, 0.2) is 0 Å². The Morgan fingerprint density at radius 1 is 1.50 bits per heavy atom. The van der Waals surface area contributed by atoms with Crippen molar-refractivity contribution in [3.63, 3.8) is 0 Å². The van der Waals surface area contributed by atoms with Gasteiger partial charge in [0.25, 0.3) is 0 Å². The van der Waals surface area contributed by atoms with Gasteiger partial charge in [-0.2, -0.15) is 0 Å². The quantitative estimate of drug-likeness (QED) is 0.503. The van der Waals surface area contributed by atoms with Crippen molar-refractivity contribution in [2.75, 3.05) is 0 Å². The van der Waals surface area contributed by atoms with Gasteiger partial charge in [-0.15, -0.1) is 0 Å². The highest BCUT2D eigenvalue weighted by Crippen LogP contribution is 2.08. The van der Waals surface area contributed by atoms with Gasteiger partial charge in [0.2, 0.25) is 0 Å². The van der Waals surface area contributed by atoms with E-state index in [1.54, 1.807) is 0 Å². The molecule has 6 heavy (non-hydrogen) atoms. The van der Waals surface area contributed by atoms with E-state index in [1.165, 1.54) is 0 Å². The van der Waals surface area contributed by atoms with Gasteiger partial charge in [-0.05, 0) is 12.8 Å². The van der Waals surface area contributed by atoms with Crippen LogP contribution in [0.3, 0.4) is 0 Å². The van der Waals surface area contributed by atoms with Crippen molar-refractivity contribution < 1.29 is 0 Å². The molecule has 1 radical (unpaired) electrons. The fraction of sp³-hybridized carbons (Fsp3) is 0.800. The minimum absolute atomic E-state index is 0.519. The largest absolute Gasteiger partial charge is 0.0891 e. The summed E-state index contributed by atoms with van der Waals surface area (Å²) < 4.78 is 0. The van der Waals surface area contributed by atoms with Crippen molar-refractivity contribution >= 4 is 15.9 Å². The van der Waals surface area contributed by atoms with E-state index in [1.807, 2.05) is 0 Å². The molecule has 0 rings (SSSR count). The highest BCUT2D eigenvalue weighted by Gasteiger charge is 1.98. The number of rotatable bonds is 1. The lowest BCUT2D eigenvalue weighted by atomic mass is 10.2. The lowest BCUT2D eigenvalue weighted by Gasteiger charge is -2.03. The second kappa shape index (κ2) is 2.62. The van der Waals surface area contributed by atoms with E-state index >= 15 is 0 Å². The zero-order chi connectivity index (χ0) is 5.15. The van der Waals surface area contributed by atoms with Gasteiger partial charge < -0.3 is 0 Å². The van der Waals surface area contributed by atoms with Crippen LogP contribution in [-0.4, -0.2) is 4.83 Å². The topological polar surface area (TPSA) is 0 Å². The molecule has 37 valence electrons. The highest BCUT2D eigenvalue weighted by molar-refractivity contribution is 9.09. The first-order chi connectivity index (χ1) is 2.64. The molecule has 0 N–H and O–H groups in total. The van der Waals surface area contributed by atoms with E-state index in [9.17, 15) is 0 Å². The Hall–Kier alpha value is 0.480. The molecule has 0 heterocycles. The lowest BCUT2D eigenvalue weighted by molar-refractivity contribution is 0.722. The maximum atomic E-state index is 3.79. The van der Waals surface area contributed by atoms with Crippen LogP contribution < -0.4 is 0 Å². The molecule has 0 saturated heterocycles. The summed E-state index contributed by atoms with van der Waals surface area (Å²) in [6.07, 6.45) is 0. The standard InChI is InChI=1S/C5H10Br/c1-4(2)5(3)6/h4-5H,1H2,2-3H3. The van der Waals surface area contributed by atoms with Crippen molar-refractivity contribution in [3.8, 4) is 0 Å². The molecule has 0 aliphatic rings. The van der Waals surface area contributed by atoms with Crippen LogP contribution in [0.5, 0.6) is 0 Å². The molecule has 0 bridgehead atoms. The Morgan fingerprint density at radius 2 is 1.67 bits per heavy atom. The van der Waals surface area contributed by atoms with Crippen LogP contribution >= 0.6 is 15.9 Å². The predicted octanol–water partition coefficient (Wildman–Crippen LogP) is 2.24. The molecule has 0 nitrogen and oxygen atoms in total. The Labute approximate surface area is 48.1 Å². The number of alkyl halides is 1. The molecule has 0 aromatic rings. The number of halogens is 1. The van der Waals surface area contributed by atoms with Gasteiger partial charge in [0.05, 0.1) is 0 Å². The Bertz CT molecular complexity index is 24.9. The van der Waals surface area contributed by atoms with Gasteiger partial charge in [-0.25, -0.2) is 0 Å². The first-order valence-corrected chi connectivity index (χ1v) is 3.03. The third-order valence-corrected chi connectivity index (χ3v) is 1.69. The van der Waals surface area contributed by atoms with E-state index < -0.39 is 0 Å². The summed E-state index contributed by atoms with van der Waals surface area (Å²) in [4.78, 5) is 0.553. The summed E-state index contributed by atoms with van der Waals surface area (Å²) in [5.41, 5.74) is 0. The summed E-state index contributed by atoms with van der Waals surface area (Å²) in [7, 11) is 0. The summed E-state index contributed by atoms with van der Waals surface area (Å²) in [6.45, 7) is 7.97. The first kappa shape index (κ1) is 6.48. The minimum Gasteiger partial charge on any atom is -0.0891 e. The van der Waals surface area contributed by atoms with Crippen molar-refractivity contribution in [1.82, 2.24) is 0 Å². The minimum atomic E-state index is 0.519. The zero-order valence-electron chi connectivity index (χ0n) is 4.24. The number of hydrogen-bond donors (Lipinski definition) is 0. The van der Waals surface area contributed by atoms with Crippen LogP contribution in [0.2, 0.25) is 0 Å². The van der Waals surface area contributed by atoms with Crippen LogP contribution in [0.25, 0.3) is 0 Å². The summed E-state index contributed by atoms with van der Waals surface area (Å²) in [5.74, 6) is 0.519. The molecule has 0 aliphatic carbocycles. The van der Waals surface area contributed by atoms with E-state index in [4.69, 9.17) is 0 Å². The van der Waals surface area contributed by atoms with Gasteiger partial charge in [0.1, 0.15) is 0 Å². The second-order valence-corrected chi connectivity index (χ2v) is 3.10. The highest BCUT2D eigenvalue weighted by atomic mass is 79.9. The van der Waals surface area contributed by atoms with Gasteiger partial charge in [-0.1, -0.05) is 29.8 Å². The molecule has 0 amide bonds. The maximum Gasteiger partial charge on any atom is 0.0143 e. The molecule has 0 aromatic heterocycles. The van der Waals surface area contributed by atoms with E-state index in [0.29, 0.717) is 10.7 Å². The average molecular weight is 150 g/mol. The summed E-state index contributed by atoms with van der Waals surface area (Å²) in [5, 5.41) is 0. The smallest absolute Gasteiger partial charge is 0.0143 e. The first-order valence-electron chi connectivity index (χ1n) is 2.11. The predicted molar refractivity (Wildman–Crippen MR) is 32.9 cm³/mol. The Morgan fingerprint density at radius 3 is 1.67 bits per heavy atom. The SMILES string of the molecule is [CH2]C(C)C(C)Br. The zero-order valence-corrected chi connectivity index (χ0v) is 5.83. The lowest BCUT2D eigenvalue weighted by Crippen LogP contribution is -1.99. The van der Waals surface area contributed by atoms with Gasteiger partial charge in [-0.3, -0.25) is 0 Å². The van der Waals surface area contributed by atoms with Crippen LogP contribution in [0, 0.1) is 12.8 Å². The van der Waals surface area contributed by atoms with Crippen LogP contribution in [0.15, 0.2) is 0 Å².